The van der Waals surface area contributed by atoms with Crippen LogP contribution in [0.4, 0.5) is 28.9 Å². The molecule has 7 nitrogen and oxygen atoms in total. The van der Waals surface area contributed by atoms with Gasteiger partial charge in [0, 0.05) is 17.8 Å². The normalized spacial score (nSPS) is 10.9. The molecule has 0 atom stereocenters. The molecular weight excluding hydrogens is 364 g/mol. The predicted molar refractivity (Wildman–Crippen MR) is 80.3 cm³/mol. The van der Waals surface area contributed by atoms with E-state index in [0.717, 1.165) is 30.3 Å². The number of carbonyl (C=O) groups excluding carboxylic acids is 1. The van der Waals surface area contributed by atoms with E-state index in [1.54, 1.807) is 0 Å². The Morgan fingerprint density at radius 3 is 2.27 bits per heavy atom. The molecule has 26 heavy (non-hydrogen) atoms. The highest BCUT2D eigenvalue weighted by molar-refractivity contribution is 5.91. The molecule has 1 N–H and O–H groups in total. The van der Waals surface area contributed by atoms with Crippen LogP contribution in [0, 0.1) is 15.9 Å². The first-order chi connectivity index (χ1) is 12.1. The number of ether oxygens (including phenoxy) is 2. The lowest BCUT2D eigenvalue weighted by molar-refractivity contribution is -0.387. The summed E-state index contributed by atoms with van der Waals surface area (Å²) in [5.41, 5.74) is -0.550. The van der Waals surface area contributed by atoms with Gasteiger partial charge >= 0.3 is 12.0 Å². The maximum atomic E-state index is 13.4. The van der Waals surface area contributed by atoms with Crippen molar-refractivity contribution in [3.05, 3.63) is 58.4 Å². The summed E-state index contributed by atoms with van der Waals surface area (Å²) in [4.78, 5) is 21.3. The van der Waals surface area contributed by atoms with E-state index < -0.39 is 41.1 Å². The van der Waals surface area contributed by atoms with Crippen molar-refractivity contribution in [2.24, 2.45) is 0 Å². The molecule has 0 heterocycles. The van der Waals surface area contributed by atoms with Crippen LogP contribution in [0.3, 0.4) is 0 Å². The molecule has 1 amide bonds. The number of halogens is 4. The fourth-order valence-corrected chi connectivity index (χ4v) is 1.81. The fraction of sp³-hybridized carbons (Fsp3) is 0.133. The number of anilines is 1. The highest BCUT2D eigenvalue weighted by Crippen LogP contribution is 2.24. The van der Waals surface area contributed by atoms with E-state index in [1.165, 1.54) is 12.1 Å². The number of nitrogens with zero attached hydrogens (tertiary/aromatic N) is 1. The molecule has 2 aromatic carbocycles. The van der Waals surface area contributed by atoms with Crippen LogP contribution >= 0.6 is 0 Å². The highest BCUT2D eigenvalue weighted by Gasteiger charge is 2.30. The second-order valence-corrected chi connectivity index (χ2v) is 4.78. The van der Waals surface area contributed by atoms with Gasteiger partial charge in [-0.3, -0.25) is 14.9 Å². The van der Waals surface area contributed by atoms with E-state index in [0.29, 0.717) is 0 Å². The number of benzene rings is 2. The van der Waals surface area contributed by atoms with E-state index in [1.807, 2.05) is 0 Å². The number of nitro groups is 1. The largest absolute Gasteiger partial charge is 0.573 e. The lowest BCUT2D eigenvalue weighted by Crippen LogP contribution is -2.20. The Kier molecular flexibility index (Phi) is 5.60. The van der Waals surface area contributed by atoms with E-state index >= 15 is 0 Å². The van der Waals surface area contributed by atoms with Gasteiger partial charge in [0.2, 0.25) is 5.82 Å². The van der Waals surface area contributed by atoms with Crippen molar-refractivity contribution in [1.29, 1.82) is 0 Å². The lowest BCUT2D eigenvalue weighted by atomic mass is 10.3. The van der Waals surface area contributed by atoms with E-state index in [-0.39, 0.29) is 11.4 Å². The number of nitro benzene ring substituents is 1. The van der Waals surface area contributed by atoms with Crippen molar-refractivity contribution in [3.63, 3.8) is 0 Å². The van der Waals surface area contributed by atoms with Crippen LogP contribution < -0.4 is 14.8 Å². The van der Waals surface area contributed by atoms with Crippen molar-refractivity contribution < 1.29 is 36.8 Å². The van der Waals surface area contributed by atoms with Gasteiger partial charge in [-0.1, -0.05) is 0 Å². The van der Waals surface area contributed by atoms with E-state index in [4.69, 9.17) is 4.74 Å². The molecular formula is C15H10F4N2O5. The quantitative estimate of drug-likeness (QED) is 0.474. The van der Waals surface area contributed by atoms with Gasteiger partial charge in [0.05, 0.1) is 4.92 Å². The van der Waals surface area contributed by atoms with Gasteiger partial charge in [-0.25, -0.2) is 0 Å². The van der Waals surface area contributed by atoms with Crippen LogP contribution in [0.2, 0.25) is 0 Å². The zero-order valence-corrected chi connectivity index (χ0v) is 12.7. The summed E-state index contributed by atoms with van der Waals surface area (Å²) in [5, 5.41) is 12.8. The third-order valence-electron chi connectivity index (χ3n) is 2.86. The molecule has 138 valence electrons. The molecule has 0 spiro atoms. The molecule has 11 heteroatoms. The van der Waals surface area contributed by atoms with Crippen LogP contribution in [0.15, 0.2) is 42.5 Å². The van der Waals surface area contributed by atoms with Crippen molar-refractivity contribution in [3.8, 4) is 11.5 Å². The molecule has 0 saturated carbocycles. The molecule has 0 saturated heterocycles. The molecule has 0 aromatic heterocycles. The van der Waals surface area contributed by atoms with Crippen LogP contribution in [-0.2, 0) is 4.79 Å². The summed E-state index contributed by atoms with van der Waals surface area (Å²) in [5.74, 6) is -2.34. The molecule has 0 aliphatic heterocycles. The second kappa shape index (κ2) is 7.68. The lowest BCUT2D eigenvalue weighted by Gasteiger charge is -2.10. The first-order valence-electron chi connectivity index (χ1n) is 6.86. The van der Waals surface area contributed by atoms with Crippen LogP contribution in [0.25, 0.3) is 0 Å². The van der Waals surface area contributed by atoms with Crippen molar-refractivity contribution >= 4 is 17.3 Å². The van der Waals surface area contributed by atoms with Gasteiger partial charge in [-0.2, -0.15) is 4.39 Å². The minimum Gasteiger partial charge on any atom is -0.484 e. The van der Waals surface area contributed by atoms with E-state index in [9.17, 15) is 32.5 Å². The third kappa shape index (κ3) is 5.61. The van der Waals surface area contributed by atoms with Crippen LogP contribution in [0.5, 0.6) is 11.5 Å². The Morgan fingerprint density at radius 1 is 1.12 bits per heavy atom. The standard InChI is InChI=1S/C15H10F4N2O5/c16-12-7-11(5-6-13(12)21(23)24)25-8-14(22)20-9-1-3-10(4-2-9)26-15(17,18)19/h1-7H,8H2,(H,20,22). The number of amides is 1. The number of rotatable bonds is 6. The average molecular weight is 374 g/mol. The van der Waals surface area contributed by atoms with Gasteiger partial charge in [-0.05, 0) is 30.3 Å². The first kappa shape index (κ1) is 19.0. The zero-order valence-electron chi connectivity index (χ0n) is 12.7. The van der Waals surface area contributed by atoms with E-state index in [2.05, 4.69) is 10.1 Å². The fourth-order valence-electron chi connectivity index (χ4n) is 1.81. The molecule has 0 aliphatic carbocycles. The summed E-state index contributed by atoms with van der Waals surface area (Å²) < 4.78 is 58.2. The minimum atomic E-state index is -4.82. The Labute approximate surface area is 143 Å². The molecule has 2 aromatic rings. The Hall–Kier alpha value is -3.37. The summed E-state index contributed by atoms with van der Waals surface area (Å²) >= 11 is 0. The number of hydrogen-bond acceptors (Lipinski definition) is 5. The second-order valence-electron chi connectivity index (χ2n) is 4.78. The number of nitrogens with one attached hydrogen (secondary N) is 1. The number of carbonyl (C=O) groups is 1. The van der Waals surface area contributed by atoms with Gasteiger partial charge < -0.3 is 14.8 Å². The summed E-state index contributed by atoms with van der Waals surface area (Å²) in [6.45, 7) is -0.544. The predicted octanol–water partition coefficient (Wildman–Crippen LogP) is 3.65. The van der Waals surface area contributed by atoms with Gasteiger partial charge in [-0.15, -0.1) is 13.2 Å². The summed E-state index contributed by atoms with van der Waals surface area (Å²) in [7, 11) is 0. The molecule has 0 bridgehead atoms. The molecule has 0 radical (unpaired) electrons. The van der Waals surface area contributed by atoms with Crippen molar-refractivity contribution in [1.82, 2.24) is 0 Å². The highest BCUT2D eigenvalue weighted by atomic mass is 19.4. The molecule has 2 rings (SSSR count). The molecule has 0 unspecified atom stereocenters. The Balaban J connectivity index is 1.89. The average Bonchev–Trinajstić information content (AvgIpc) is 2.53. The van der Waals surface area contributed by atoms with Gasteiger partial charge in [0.15, 0.2) is 6.61 Å². The maximum absolute atomic E-state index is 13.4. The molecule has 0 fully saturated rings. The zero-order chi connectivity index (χ0) is 19.3. The first-order valence-corrected chi connectivity index (χ1v) is 6.86. The van der Waals surface area contributed by atoms with Gasteiger partial charge in [0.1, 0.15) is 11.5 Å². The Bertz CT molecular complexity index is 809. The number of hydrogen-bond donors (Lipinski definition) is 1. The summed E-state index contributed by atoms with van der Waals surface area (Å²) in [6, 6.07) is 7.16. The van der Waals surface area contributed by atoms with Crippen molar-refractivity contribution in [2.75, 3.05) is 11.9 Å². The minimum absolute atomic E-state index is 0.0998. The van der Waals surface area contributed by atoms with Crippen molar-refractivity contribution in [2.45, 2.75) is 6.36 Å². The number of alkyl halides is 3. The van der Waals surface area contributed by atoms with Gasteiger partial charge in [0.25, 0.3) is 5.91 Å². The summed E-state index contributed by atoms with van der Waals surface area (Å²) in [6.07, 6.45) is -4.82. The molecule has 0 aliphatic rings. The smallest absolute Gasteiger partial charge is 0.484 e. The third-order valence-corrected chi connectivity index (χ3v) is 2.86. The monoisotopic (exact) mass is 374 g/mol. The van der Waals surface area contributed by atoms with Crippen LogP contribution in [-0.4, -0.2) is 23.8 Å². The topological polar surface area (TPSA) is 90.7 Å². The Morgan fingerprint density at radius 2 is 1.73 bits per heavy atom. The maximum Gasteiger partial charge on any atom is 0.573 e. The van der Waals surface area contributed by atoms with Crippen LogP contribution in [0.1, 0.15) is 0 Å². The SMILES string of the molecule is O=C(COc1ccc([N+](=O)[O-])c(F)c1)Nc1ccc(OC(F)(F)F)cc1.